The molecule has 0 fully saturated rings. The number of hydrogen-bond donors (Lipinski definition) is 1. The van der Waals surface area contributed by atoms with Crippen molar-refractivity contribution in [2.45, 2.75) is 24.3 Å². The third-order valence-corrected chi connectivity index (χ3v) is 4.10. The molecule has 0 heterocycles. The van der Waals surface area contributed by atoms with Crippen molar-refractivity contribution in [1.29, 1.82) is 0 Å². The number of rotatable bonds is 6. The van der Waals surface area contributed by atoms with E-state index in [0.717, 1.165) is 6.42 Å². The lowest BCUT2D eigenvalue weighted by atomic mass is 10.3. The SMILES string of the molecule is CCC(CS(=O)c1ccccc1[N+](=O)[O-])NC. The van der Waals surface area contributed by atoms with E-state index in [9.17, 15) is 14.3 Å². The van der Waals surface area contributed by atoms with Crippen molar-refractivity contribution in [3.05, 3.63) is 34.4 Å². The van der Waals surface area contributed by atoms with Crippen LogP contribution in [0.3, 0.4) is 0 Å². The topological polar surface area (TPSA) is 72.2 Å². The van der Waals surface area contributed by atoms with Crippen LogP contribution in [-0.2, 0) is 10.8 Å². The Bertz CT molecular complexity index is 419. The third-order valence-electron chi connectivity index (χ3n) is 2.56. The second-order valence-corrected chi connectivity index (χ2v) is 5.10. The largest absolute Gasteiger partial charge is 0.316 e. The van der Waals surface area contributed by atoms with E-state index in [0.29, 0.717) is 10.6 Å². The molecule has 1 N–H and O–H groups in total. The molecular formula is C11H16N2O3S. The highest BCUT2D eigenvalue weighted by atomic mass is 32.2. The molecule has 2 atom stereocenters. The number of nitro groups is 1. The first-order valence-corrected chi connectivity index (χ1v) is 6.71. The fourth-order valence-corrected chi connectivity index (χ4v) is 3.03. The highest BCUT2D eigenvalue weighted by Crippen LogP contribution is 2.22. The Morgan fingerprint density at radius 2 is 2.12 bits per heavy atom. The normalized spacial score (nSPS) is 14.2. The van der Waals surface area contributed by atoms with Crippen LogP contribution in [0.1, 0.15) is 13.3 Å². The summed E-state index contributed by atoms with van der Waals surface area (Å²) in [6, 6.07) is 6.29. The van der Waals surface area contributed by atoms with Gasteiger partial charge in [-0.2, -0.15) is 0 Å². The summed E-state index contributed by atoms with van der Waals surface area (Å²) in [5, 5.41) is 13.8. The first-order chi connectivity index (χ1) is 8.10. The summed E-state index contributed by atoms with van der Waals surface area (Å²) < 4.78 is 12.1. The van der Waals surface area contributed by atoms with E-state index < -0.39 is 15.7 Å². The van der Waals surface area contributed by atoms with E-state index in [4.69, 9.17) is 0 Å². The van der Waals surface area contributed by atoms with Crippen LogP contribution >= 0.6 is 0 Å². The molecule has 1 aromatic rings. The molecule has 17 heavy (non-hydrogen) atoms. The van der Waals surface area contributed by atoms with E-state index in [1.165, 1.54) is 6.07 Å². The summed E-state index contributed by atoms with van der Waals surface area (Å²) in [5.74, 6) is 0.387. The molecule has 0 aliphatic carbocycles. The second kappa shape index (κ2) is 6.46. The molecule has 0 aromatic heterocycles. The molecule has 0 saturated carbocycles. The van der Waals surface area contributed by atoms with E-state index in [1.807, 2.05) is 6.92 Å². The van der Waals surface area contributed by atoms with Gasteiger partial charge in [-0.3, -0.25) is 14.3 Å². The van der Waals surface area contributed by atoms with E-state index >= 15 is 0 Å². The lowest BCUT2D eigenvalue weighted by Crippen LogP contribution is -2.30. The molecule has 1 aromatic carbocycles. The zero-order chi connectivity index (χ0) is 12.8. The minimum absolute atomic E-state index is 0.0724. The quantitative estimate of drug-likeness (QED) is 0.621. The first-order valence-electron chi connectivity index (χ1n) is 5.39. The maximum atomic E-state index is 12.1. The van der Waals surface area contributed by atoms with Crippen molar-refractivity contribution in [3.8, 4) is 0 Å². The lowest BCUT2D eigenvalue weighted by Gasteiger charge is -2.12. The number of nitro benzene ring substituents is 1. The first kappa shape index (κ1) is 13.8. The van der Waals surface area contributed by atoms with E-state index in [1.54, 1.807) is 25.2 Å². The van der Waals surface area contributed by atoms with Crippen LogP contribution in [0, 0.1) is 10.1 Å². The van der Waals surface area contributed by atoms with Crippen molar-refractivity contribution < 1.29 is 9.13 Å². The molecular weight excluding hydrogens is 240 g/mol. The zero-order valence-corrected chi connectivity index (χ0v) is 10.7. The van der Waals surface area contributed by atoms with Crippen LogP contribution in [0.5, 0.6) is 0 Å². The van der Waals surface area contributed by atoms with Gasteiger partial charge < -0.3 is 5.32 Å². The number of para-hydroxylation sites is 1. The molecule has 0 saturated heterocycles. The number of nitrogens with zero attached hydrogens (tertiary/aromatic N) is 1. The van der Waals surface area contributed by atoms with Gasteiger partial charge in [0.1, 0.15) is 4.90 Å². The molecule has 0 amide bonds. The van der Waals surface area contributed by atoms with Gasteiger partial charge in [0, 0.05) is 17.9 Å². The minimum atomic E-state index is -1.35. The van der Waals surface area contributed by atoms with E-state index in [-0.39, 0.29) is 11.7 Å². The highest BCUT2D eigenvalue weighted by Gasteiger charge is 2.19. The fourth-order valence-electron chi connectivity index (χ4n) is 1.48. The molecule has 1 rings (SSSR count). The summed E-state index contributed by atoms with van der Waals surface area (Å²) in [5.41, 5.74) is -0.0724. The average Bonchev–Trinajstić information content (AvgIpc) is 2.35. The lowest BCUT2D eigenvalue weighted by molar-refractivity contribution is -0.387. The fraction of sp³-hybridized carbons (Fsp3) is 0.455. The summed E-state index contributed by atoms with van der Waals surface area (Å²) in [6.07, 6.45) is 0.836. The summed E-state index contributed by atoms with van der Waals surface area (Å²) >= 11 is 0. The molecule has 5 nitrogen and oxygen atoms in total. The Morgan fingerprint density at radius 1 is 1.47 bits per heavy atom. The predicted molar refractivity (Wildman–Crippen MR) is 67.5 cm³/mol. The standard InChI is InChI=1S/C11H16N2O3S/c1-3-9(12-2)8-17(16)11-7-5-4-6-10(11)13(14)15/h4-7,9,12H,3,8H2,1-2H3. The average molecular weight is 256 g/mol. The van der Waals surface area contributed by atoms with Crippen LogP contribution < -0.4 is 5.32 Å². The summed E-state index contributed by atoms with van der Waals surface area (Å²) in [4.78, 5) is 10.6. The molecule has 2 unspecified atom stereocenters. The third kappa shape index (κ3) is 3.61. The maximum absolute atomic E-state index is 12.1. The Hall–Kier alpha value is -1.27. The van der Waals surface area contributed by atoms with Gasteiger partial charge in [-0.15, -0.1) is 0 Å². The van der Waals surface area contributed by atoms with Crippen LogP contribution in [0.2, 0.25) is 0 Å². The summed E-state index contributed by atoms with van der Waals surface area (Å²) in [6.45, 7) is 1.98. The second-order valence-electron chi connectivity index (χ2n) is 3.63. The van der Waals surface area contributed by atoms with Crippen molar-refractivity contribution in [2.75, 3.05) is 12.8 Å². The smallest absolute Gasteiger partial charge is 0.285 e. The molecule has 0 radical (unpaired) electrons. The molecule has 0 bridgehead atoms. The van der Waals surface area contributed by atoms with E-state index in [2.05, 4.69) is 5.32 Å². The zero-order valence-electron chi connectivity index (χ0n) is 9.88. The molecule has 0 spiro atoms. The van der Waals surface area contributed by atoms with Gasteiger partial charge in [-0.1, -0.05) is 19.1 Å². The van der Waals surface area contributed by atoms with Gasteiger partial charge in [0.05, 0.1) is 15.7 Å². The van der Waals surface area contributed by atoms with Crippen LogP contribution in [-0.4, -0.2) is 28.0 Å². The van der Waals surface area contributed by atoms with Crippen LogP contribution in [0.25, 0.3) is 0 Å². The molecule has 94 valence electrons. The van der Waals surface area contributed by atoms with Gasteiger partial charge in [-0.25, -0.2) is 0 Å². The Morgan fingerprint density at radius 3 is 2.65 bits per heavy atom. The van der Waals surface area contributed by atoms with Crippen molar-refractivity contribution in [2.24, 2.45) is 0 Å². The minimum Gasteiger partial charge on any atom is -0.316 e. The summed E-state index contributed by atoms with van der Waals surface area (Å²) in [7, 11) is 0.447. The monoisotopic (exact) mass is 256 g/mol. The number of benzene rings is 1. The highest BCUT2D eigenvalue weighted by molar-refractivity contribution is 7.85. The Kier molecular flexibility index (Phi) is 5.24. The van der Waals surface area contributed by atoms with Crippen LogP contribution in [0.4, 0.5) is 5.69 Å². The Balaban J connectivity index is 2.92. The molecule has 6 heteroatoms. The molecule has 0 aliphatic rings. The van der Waals surface area contributed by atoms with Crippen molar-refractivity contribution in [1.82, 2.24) is 5.32 Å². The Labute approximate surface area is 103 Å². The van der Waals surface area contributed by atoms with Gasteiger partial charge in [0.25, 0.3) is 5.69 Å². The van der Waals surface area contributed by atoms with Gasteiger partial charge >= 0.3 is 0 Å². The van der Waals surface area contributed by atoms with Crippen LogP contribution in [0.15, 0.2) is 29.2 Å². The number of nitrogens with one attached hydrogen (secondary N) is 1. The number of hydrogen-bond acceptors (Lipinski definition) is 4. The van der Waals surface area contributed by atoms with Gasteiger partial charge in [0.2, 0.25) is 0 Å². The van der Waals surface area contributed by atoms with Gasteiger partial charge in [0.15, 0.2) is 0 Å². The van der Waals surface area contributed by atoms with Crippen molar-refractivity contribution >= 4 is 16.5 Å². The van der Waals surface area contributed by atoms with Crippen molar-refractivity contribution in [3.63, 3.8) is 0 Å². The predicted octanol–water partition coefficient (Wildman–Crippen LogP) is 1.70. The van der Waals surface area contributed by atoms with Gasteiger partial charge in [-0.05, 0) is 19.5 Å². The molecule has 0 aliphatic heterocycles. The maximum Gasteiger partial charge on any atom is 0.285 e.